The van der Waals surface area contributed by atoms with Crippen molar-refractivity contribution in [1.29, 1.82) is 0 Å². The van der Waals surface area contributed by atoms with Gasteiger partial charge in [0.25, 0.3) is 0 Å². The van der Waals surface area contributed by atoms with Crippen molar-refractivity contribution in [1.82, 2.24) is 19.5 Å². The summed E-state index contributed by atoms with van der Waals surface area (Å²) in [5.74, 6) is -1.40. The topological polar surface area (TPSA) is 279 Å². The van der Waals surface area contributed by atoms with Crippen LogP contribution in [0.1, 0.15) is 0 Å². The van der Waals surface area contributed by atoms with Crippen LogP contribution in [0.5, 0.6) is 0 Å². The number of aliphatic hydroxyl groups is 1. The second kappa shape index (κ2) is 8.20. The first kappa shape index (κ1) is 23.7. The van der Waals surface area contributed by atoms with Crippen molar-refractivity contribution in [3.05, 3.63) is 18.4 Å². The van der Waals surface area contributed by atoms with E-state index in [-0.39, 0.29) is 17.0 Å². The van der Waals surface area contributed by atoms with Crippen LogP contribution in [-0.2, 0) is 31.8 Å². The molecule has 3 atom stereocenters. The Balaban J connectivity index is 1.92. The molecule has 0 saturated heterocycles. The molecule has 0 amide bonds. The SMILES string of the molecule is Nc1ncnc2c1ncn2C1=C(OP(=O)(O)O)[C@H](O)[C@@H](COP(=O)(O)OP(=O)(O)O)O1. The van der Waals surface area contributed by atoms with Crippen LogP contribution in [-0.4, -0.2) is 67.9 Å². The summed E-state index contributed by atoms with van der Waals surface area (Å²) >= 11 is 0. The number of nitrogens with two attached hydrogens (primary N) is 1. The van der Waals surface area contributed by atoms with E-state index in [1.165, 1.54) is 0 Å². The highest BCUT2D eigenvalue weighted by Gasteiger charge is 2.44. The lowest BCUT2D eigenvalue weighted by molar-refractivity contribution is 0.0128. The minimum absolute atomic E-state index is 0.0132. The van der Waals surface area contributed by atoms with Gasteiger partial charge in [-0.05, 0) is 0 Å². The fourth-order valence-electron chi connectivity index (χ4n) is 2.41. The zero-order valence-corrected chi connectivity index (χ0v) is 17.4. The highest BCUT2D eigenvalue weighted by molar-refractivity contribution is 7.60. The van der Waals surface area contributed by atoms with E-state index in [0.29, 0.717) is 0 Å². The molecular formula is C10H14N5O13P3. The number of hydrogen-bond acceptors (Lipinski definition) is 12. The number of fused-ring (bicyclic) bond motifs is 1. The second-order valence-corrected chi connectivity index (χ2v) is 9.73. The first-order valence-corrected chi connectivity index (χ1v) is 12.2. The third-order valence-electron chi connectivity index (χ3n) is 3.50. The number of nitrogen functional groups attached to an aromatic ring is 1. The molecule has 18 nitrogen and oxygen atoms in total. The molecule has 1 aliphatic heterocycles. The van der Waals surface area contributed by atoms with Crippen molar-refractivity contribution in [3.8, 4) is 0 Å². The Labute approximate surface area is 171 Å². The number of phosphoric ester groups is 2. The van der Waals surface area contributed by atoms with Crippen LogP contribution >= 0.6 is 23.5 Å². The lowest BCUT2D eigenvalue weighted by atomic mass is 10.2. The van der Waals surface area contributed by atoms with Gasteiger partial charge in [0, 0.05) is 0 Å². The average Bonchev–Trinajstić information content (AvgIpc) is 3.13. The van der Waals surface area contributed by atoms with E-state index < -0.39 is 53.9 Å². The van der Waals surface area contributed by atoms with E-state index >= 15 is 0 Å². The molecule has 31 heavy (non-hydrogen) atoms. The molecule has 3 heterocycles. The van der Waals surface area contributed by atoms with Gasteiger partial charge in [0.2, 0.25) is 11.6 Å². The molecule has 1 aliphatic rings. The molecule has 2 aromatic heterocycles. The standard InChI is InChI=1S/C10H14N5O13P3/c11-8-5-9(13-2-12-8)15(3-14-5)10-7(27-29(17,18)19)6(16)4(26-10)1-25-31(23,24)28-30(20,21)22/h2-4,6,16H,1H2,(H,23,24)(H2,11,12,13)(H2,17,18,19)(H2,20,21,22)/t4-,6-/m1/s1. The molecule has 172 valence electrons. The first-order chi connectivity index (χ1) is 14.2. The molecule has 0 radical (unpaired) electrons. The van der Waals surface area contributed by atoms with Crippen LogP contribution in [0.3, 0.4) is 0 Å². The van der Waals surface area contributed by atoms with Crippen molar-refractivity contribution >= 4 is 46.3 Å². The van der Waals surface area contributed by atoms with Crippen LogP contribution < -0.4 is 5.73 Å². The minimum atomic E-state index is -5.41. The van der Waals surface area contributed by atoms with Crippen LogP contribution in [0.15, 0.2) is 18.4 Å². The normalized spacial score (nSPS) is 21.9. The number of aromatic nitrogens is 4. The quantitative estimate of drug-likeness (QED) is 0.204. The van der Waals surface area contributed by atoms with Crippen LogP contribution in [0, 0.1) is 0 Å². The van der Waals surface area contributed by atoms with Crippen LogP contribution in [0.4, 0.5) is 5.82 Å². The number of nitrogens with zero attached hydrogens (tertiary/aromatic N) is 4. The summed E-state index contributed by atoms with van der Waals surface area (Å²) in [6.07, 6.45) is -1.52. The van der Waals surface area contributed by atoms with Gasteiger partial charge in [-0.15, -0.1) is 0 Å². The summed E-state index contributed by atoms with van der Waals surface area (Å²) in [5.41, 5.74) is 5.71. The summed E-state index contributed by atoms with van der Waals surface area (Å²) in [4.78, 5) is 56.3. The third kappa shape index (κ3) is 5.65. The van der Waals surface area contributed by atoms with E-state index in [2.05, 4.69) is 28.3 Å². The monoisotopic (exact) mass is 505 g/mol. The molecule has 0 aliphatic carbocycles. The molecule has 0 saturated carbocycles. The maximum absolute atomic E-state index is 11.6. The summed E-state index contributed by atoms with van der Waals surface area (Å²) < 4.78 is 52.4. The summed E-state index contributed by atoms with van der Waals surface area (Å²) in [5, 5.41) is 10.3. The Kier molecular flexibility index (Phi) is 6.27. The van der Waals surface area contributed by atoms with E-state index in [4.69, 9.17) is 30.0 Å². The molecular weight excluding hydrogens is 491 g/mol. The zero-order valence-electron chi connectivity index (χ0n) is 14.8. The summed E-state index contributed by atoms with van der Waals surface area (Å²) in [6.45, 7) is -1.03. The lowest BCUT2D eigenvalue weighted by Crippen LogP contribution is -2.29. The maximum Gasteiger partial charge on any atom is 0.524 e. The highest BCUT2D eigenvalue weighted by atomic mass is 31.3. The van der Waals surface area contributed by atoms with Gasteiger partial charge in [-0.25, -0.2) is 33.2 Å². The molecule has 2 aromatic rings. The molecule has 3 rings (SSSR count). The fourth-order valence-corrected chi connectivity index (χ4v) is 4.45. The van der Waals surface area contributed by atoms with Gasteiger partial charge in [-0.1, -0.05) is 0 Å². The van der Waals surface area contributed by atoms with E-state index in [1.807, 2.05) is 0 Å². The van der Waals surface area contributed by atoms with Gasteiger partial charge < -0.3 is 34.8 Å². The molecule has 0 spiro atoms. The predicted octanol–water partition coefficient (Wildman–Crippen LogP) is -1.37. The van der Waals surface area contributed by atoms with E-state index in [9.17, 15) is 23.7 Å². The van der Waals surface area contributed by atoms with Gasteiger partial charge >= 0.3 is 23.5 Å². The van der Waals surface area contributed by atoms with Gasteiger partial charge in [0.05, 0.1) is 6.61 Å². The Morgan fingerprint density at radius 2 is 1.77 bits per heavy atom. The van der Waals surface area contributed by atoms with E-state index in [0.717, 1.165) is 17.2 Å². The highest BCUT2D eigenvalue weighted by Crippen LogP contribution is 2.58. The number of ether oxygens (including phenoxy) is 1. The van der Waals surface area contributed by atoms with Gasteiger partial charge in [-0.2, -0.15) is 4.31 Å². The first-order valence-electron chi connectivity index (χ1n) is 7.69. The number of rotatable bonds is 8. The number of imidazole rings is 1. The number of phosphoric acid groups is 3. The smallest absolute Gasteiger partial charge is 0.467 e. The maximum atomic E-state index is 11.6. The number of hydrogen-bond donors (Lipinski definition) is 7. The molecule has 0 bridgehead atoms. The molecule has 21 heteroatoms. The number of aliphatic hydroxyl groups excluding tert-OH is 1. The second-order valence-electron chi connectivity index (χ2n) is 5.73. The summed E-state index contributed by atoms with van der Waals surface area (Å²) in [6, 6.07) is 0. The van der Waals surface area contributed by atoms with Crippen molar-refractivity contribution < 1.29 is 61.4 Å². The fraction of sp³-hybridized carbons (Fsp3) is 0.300. The summed E-state index contributed by atoms with van der Waals surface area (Å²) in [7, 11) is -15.9. The Morgan fingerprint density at radius 1 is 1.10 bits per heavy atom. The number of anilines is 1. The Morgan fingerprint density at radius 3 is 2.39 bits per heavy atom. The van der Waals surface area contributed by atoms with Gasteiger partial charge in [0.15, 0.2) is 29.2 Å². The van der Waals surface area contributed by atoms with Crippen molar-refractivity contribution in [2.45, 2.75) is 12.2 Å². The zero-order chi connectivity index (χ0) is 23.2. The van der Waals surface area contributed by atoms with Crippen molar-refractivity contribution in [3.63, 3.8) is 0 Å². The molecule has 0 aromatic carbocycles. The van der Waals surface area contributed by atoms with Crippen molar-refractivity contribution in [2.24, 2.45) is 0 Å². The van der Waals surface area contributed by atoms with Gasteiger partial charge in [0.1, 0.15) is 12.7 Å². The third-order valence-corrected chi connectivity index (χ3v) is 6.09. The minimum Gasteiger partial charge on any atom is -0.467 e. The lowest BCUT2D eigenvalue weighted by Gasteiger charge is -2.18. The molecule has 1 unspecified atom stereocenters. The van der Waals surface area contributed by atoms with E-state index in [1.54, 1.807) is 0 Å². The Hall–Kier alpha value is -1.94. The molecule has 0 fully saturated rings. The predicted molar refractivity (Wildman–Crippen MR) is 95.9 cm³/mol. The van der Waals surface area contributed by atoms with Crippen LogP contribution in [0.25, 0.3) is 17.0 Å². The average molecular weight is 505 g/mol. The molecule has 8 N–H and O–H groups in total. The van der Waals surface area contributed by atoms with Crippen LogP contribution in [0.2, 0.25) is 0 Å². The largest absolute Gasteiger partial charge is 0.524 e. The van der Waals surface area contributed by atoms with Crippen molar-refractivity contribution in [2.75, 3.05) is 12.3 Å². The van der Waals surface area contributed by atoms with Gasteiger partial charge in [-0.3, -0.25) is 14.3 Å². The Bertz CT molecular complexity index is 1170.